The number of halogens is 3. The number of ether oxygens (including phenoxy) is 1. The van der Waals surface area contributed by atoms with Gasteiger partial charge in [-0.15, -0.1) is 10.2 Å². The fourth-order valence-corrected chi connectivity index (χ4v) is 9.71. The number of carboxylic acids is 1. The van der Waals surface area contributed by atoms with Crippen LogP contribution in [0.2, 0.25) is 5.02 Å². The number of carbonyl (C=O) groups is 2. The molecule has 4 aromatic carbocycles. The molecule has 0 atom stereocenters. The van der Waals surface area contributed by atoms with Gasteiger partial charge in [-0.1, -0.05) is 46.6 Å². The van der Waals surface area contributed by atoms with Crippen LogP contribution in [-0.4, -0.2) is 106 Å². The van der Waals surface area contributed by atoms with E-state index in [1.54, 1.807) is 6.07 Å². The summed E-state index contributed by atoms with van der Waals surface area (Å²) in [6, 6.07) is 25.5. The second-order valence-electron chi connectivity index (χ2n) is 19.3. The molecule has 1 fully saturated rings. The number of nitrogens with one attached hydrogen (secondary N) is 1. The molecule has 2 aromatic heterocycles. The van der Waals surface area contributed by atoms with Crippen molar-refractivity contribution in [3.05, 3.63) is 137 Å². The Labute approximate surface area is 433 Å². The van der Waals surface area contributed by atoms with Crippen LogP contribution >= 0.6 is 11.6 Å². The average molecular weight is 1030 g/mol. The first-order valence-electron chi connectivity index (χ1n) is 25.1. The molecule has 2 aliphatic heterocycles. The Morgan fingerprint density at radius 3 is 2.28 bits per heavy atom. The largest absolute Gasteiger partial charge is 0.478 e. The van der Waals surface area contributed by atoms with Gasteiger partial charge in [-0.3, -0.25) is 14.7 Å². The van der Waals surface area contributed by atoms with Crippen molar-refractivity contribution in [2.75, 3.05) is 58.0 Å². The minimum Gasteiger partial charge on any atom is -0.478 e. The van der Waals surface area contributed by atoms with Crippen LogP contribution < -0.4 is 20.1 Å². The molecule has 1 aliphatic carbocycles. The molecule has 0 bridgehead atoms. The van der Waals surface area contributed by atoms with Gasteiger partial charge in [-0.25, -0.2) is 22.9 Å². The first-order chi connectivity index (χ1) is 35.8. The van der Waals surface area contributed by atoms with Crippen molar-refractivity contribution in [1.82, 2.24) is 39.5 Å². The van der Waals surface area contributed by atoms with E-state index in [2.05, 4.69) is 30.8 Å². The lowest BCUT2D eigenvalue weighted by atomic mass is 9.89. The van der Waals surface area contributed by atoms with E-state index >= 15 is 0 Å². The number of carbonyl (C=O) groups excluding carboxylic acids is 1. The molecule has 0 spiro atoms. The lowest BCUT2D eigenvalue weighted by Crippen LogP contribution is -2.38. The minimum absolute atomic E-state index is 0.0974. The topological polar surface area (TPSA) is 160 Å². The molecule has 3 aliphatic rings. The Hall–Kier alpha value is -7.50. The van der Waals surface area contributed by atoms with Gasteiger partial charge < -0.3 is 24.1 Å². The molecular weight excluding hydrogens is 966 g/mol. The summed E-state index contributed by atoms with van der Waals surface area (Å²) in [5.41, 5.74) is 7.45. The molecular formula is C56H60ClF2N10O5+. The molecule has 9 rings (SSSR count). The maximum absolute atomic E-state index is 14.1. The third-order valence-corrected chi connectivity index (χ3v) is 13.9. The van der Waals surface area contributed by atoms with E-state index in [0.717, 1.165) is 117 Å². The lowest BCUT2D eigenvalue weighted by Gasteiger charge is -2.31. The van der Waals surface area contributed by atoms with Crippen LogP contribution in [0.3, 0.4) is 0 Å². The highest BCUT2D eigenvalue weighted by Crippen LogP contribution is 2.43. The highest BCUT2D eigenvalue weighted by Gasteiger charge is 2.25. The zero-order valence-corrected chi connectivity index (χ0v) is 42.8. The molecule has 0 saturated carbocycles. The quantitative estimate of drug-likeness (QED) is 0.0451. The van der Waals surface area contributed by atoms with E-state index in [4.69, 9.17) is 20.8 Å². The Bertz CT molecular complexity index is 3340. The van der Waals surface area contributed by atoms with Gasteiger partial charge in [0.2, 0.25) is 5.36 Å². The van der Waals surface area contributed by atoms with Crippen LogP contribution in [-0.2, 0) is 24.2 Å². The minimum atomic E-state index is -1.04. The summed E-state index contributed by atoms with van der Waals surface area (Å²) in [5, 5.41) is 32.6. The van der Waals surface area contributed by atoms with Crippen LogP contribution in [0.25, 0.3) is 55.8 Å². The van der Waals surface area contributed by atoms with Gasteiger partial charge in [0.15, 0.2) is 0 Å². The number of amides is 1. The zero-order valence-electron chi connectivity index (χ0n) is 42.0. The Morgan fingerprint density at radius 1 is 0.797 bits per heavy atom. The maximum atomic E-state index is 14.1. The van der Waals surface area contributed by atoms with Gasteiger partial charge in [0.25, 0.3) is 0 Å². The van der Waals surface area contributed by atoms with Crippen molar-refractivity contribution < 1.29 is 32.6 Å². The van der Waals surface area contributed by atoms with Crippen molar-refractivity contribution in [2.45, 2.75) is 77.0 Å². The number of hydrogen-bond donors (Lipinski definition) is 2. The molecule has 384 valence electrons. The third-order valence-electron chi connectivity index (χ3n) is 13.6. The van der Waals surface area contributed by atoms with E-state index < -0.39 is 23.7 Å². The molecule has 2 N–H and O–H groups in total. The first-order valence-corrected chi connectivity index (χ1v) is 25.4. The summed E-state index contributed by atoms with van der Waals surface area (Å²) in [4.78, 5) is 30.2. The van der Waals surface area contributed by atoms with Gasteiger partial charge in [0.1, 0.15) is 48.9 Å². The van der Waals surface area contributed by atoms with Crippen molar-refractivity contribution in [2.24, 2.45) is 0 Å². The van der Waals surface area contributed by atoms with Crippen LogP contribution in [0.1, 0.15) is 67.4 Å². The number of carboxylic acid groups (broad SMARTS) is 1. The van der Waals surface area contributed by atoms with Crippen molar-refractivity contribution in [3.8, 4) is 44.8 Å². The van der Waals surface area contributed by atoms with Crippen LogP contribution in [0.15, 0.2) is 108 Å². The highest BCUT2D eigenvalue weighted by atomic mass is 35.5. The molecule has 6 aromatic rings. The summed E-state index contributed by atoms with van der Waals surface area (Å²) in [7, 11) is 7.89. The number of hydrogen-bond acceptors (Lipinski definition) is 10. The summed E-state index contributed by atoms with van der Waals surface area (Å²) < 4.78 is 45.8. The monoisotopic (exact) mass is 1030 g/mol. The van der Waals surface area contributed by atoms with Crippen molar-refractivity contribution in [1.29, 1.82) is 0 Å². The molecule has 1 amide bonds. The van der Waals surface area contributed by atoms with Gasteiger partial charge in [-0.2, -0.15) is 0 Å². The molecule has 0 radical (unpaired) electrons. The Kier molecular flexibility index (Phi) is 16.1. The number of piperidine rings is 1. The smallest absolute Gasteiger partial charge is 0.411 e. The molecule has 1 saturated heterocycles. The van der Waals surface area contributed by atoms with Crippen LogP contribution in [0.4, 0.5) is 25.0 Å². The number of aryl methyl sites for hydroxylation is 3. The predicted molar refractivity (Wildman–Crippen MR) is 283 cm³/mol. The number of benzene rings is 5. The van der Waals surface area contributed by atoms with E-state index in [-0.39, 0.29) is 16.7 Å². The van der Waals surface area contributed by atoms with Crippen molar-refractivity contribution in [3.63, 3.8) is 0 Å². The number of nitrogens with zero attached hydrogens (tertiary/aromatic N) is 9. The standard InChI is InChI=1S/C56H59ClF2N10O5/c1-65(2)40-15-18-44-52(32-40)74-53-33-41(66(3)4)16-19-45(53)54(44)43-17-12-37(29-47(43)55(70)71)51-35-69(64-62-51)26-10-6-9-25-68-34-39(61-63-68)11-7-5-8-24-67-27-22-42(23-28-67)73-56(72)60-50-21-14-38(58)31-46(50)36-13-20-49(59)48(57)30-36/h12-21,29-35,42H,5-11,22-28H2,1-4H3,(H-,60,70,71,72)/p+1. The number of aromatic nitrogens is 6. The Morgan fingerprint density at radius 2 is 1.53 bits per heavy atom. The number of anilines is 2. The summed E-state index contributed by atoms with van der Waals surface area (Å²) in [5.74, 6) is -1.46. The number of fused-ring (bicyclic) bond motifs is 2. The number of unbranched alkanes of at least 4 members (excludes halogenated alkanes) is 4. The predicted octanol–water partition coefficient (Wildman–Crippen LogP) is 10.7. The van der Waals surface area contributed by atoms with E-state index in [1.165, 1.54) is 36.4 Å². The molecule has 18 heteroatoms. The maximum Gasteiger partial charge on any atom is 0.411 e. The fourth-order valence-electron chi connectivity index (χ4n) is 9.53. The van der Waals surface area contributed by atoms with Crippen LogP contribution in [0, 0.1) is 11.6 Å². The van der Waals surface area contributed by atoms with Gasteiger partial charge >= 0.3 is 12.1 Å². The molecule has 15 nitrogen and oxygen atoms in total. The van der Waals surface area contributed by atoms with E-state index in [1.807, 2.05) is 108 Å². The van der Waals surface area contributed by atoms with E-state index in [9.17, 15) is 23.5 Å². The molecule has 74 heavy (non-hydrogen) atoms. The number of likely N-dealkylation sites (tertiary alicyclic amines) is 1. The number of rotatable bonds is 19. The van der Waals surface area contributed by atoms with Crippen molar-refractivity contribution >= 4 is 46.0 Å². The fraction of sp³-hybridized carbons (Fsp3) is 0.339. The molecule has 0 unspecified atom stereocenters. The summed E-state index contributed by atoms with van der Waals surface area (Å²) in [6.07, 6.45) is 11.3. The Balaban J connectivity index is 0.693. The lowest BCUT2D eigenvalue weighted by molar-refractivity contribution is 0.0584. The summed E-state index contributed by atoms with van der Waals surface area (Å²) in [6.45, 7) is 4.07. The van der Waals surface area contributed by atoms with Gasteiger partial charge in [-0.05, 0) is 124 Å². The average Bonchev–Trinajstić information content (AvgIpc) is 4.06. The summed E-state index contributed by atoms with van der Waals surface area (Å²) >= 11 is 5.96. The third kappa shape index (κ3) is 12.3. The van der Waals surface area contributed by atoms with Gasteiger partial charge in [0.05, 0.1) is 34.2 Å². The highest BCUT2D eigenvalue weighted by molar-refractivity contribution is 6.31. The second-order valence-corrected chi connectivity index (χ2v) is 19.7. The first kappa shape index (κ1) is 51.4. The normalized spacial score (nSPS) is 13.2. The number of aromatic carboxylic acids is 1. The van der Waals surface area contributed by atoms with Crippen LogP contribution in [0.5, 0.6) is 0 Å². The molecule has 4 heterocycles. The SMILES string of the molecule is CN(C)c1ccc2c(-c3ccc(-c4cn(CCCCCn5cc(CCCCCN6CCC(OC(=O)Nc7ccc(F)cc7-c7ccc(F)c(Cl)c7)CC6)nn5)nn4)cc3C(=O)O)c3ccc(=[N+](C)C)cc-3oc2c1. The second kappa shape index (κ2) is 23.1. The zero-order chi connectivity index (χ0) is 51.9. The van der Waals surface area contributed by atoms with E-state index in [0.29, 0.717) is 51.5 Å². The van der Waals surface area contributed by atoms with Gasteiger partial charge in [0, 0.05) is 91.9 Å².